The maximum absolute atomic E-state index is 4.40. The monoisotopic (exact) mass is 257 g/mol. The first-order valence-corrected chi connectivity index (χ1v) is 6.79. The number of hydrogen-bond donors (Lipinski definition) is 1. The Labute approximate surface area is 115 Å². The van der Waals surface area contributed by atoms with Gasteiger partial charge in [-0.15, -0.1) is 0 Å². The fourth-order valence-electron chi connectivity index (χ4n) is 1.75. The van der Waals surface area contributed by atoms with Crippen molar-refractivity contribution in [3.05, 3.63) is 48.3 Å². The first kappa shape index (κ1) is 13.8. The van der Waals surface area contributed by atoms with E-state index in [0.717, 1.165) is 12.2 Å². The molecule has 0 aliphatic rings. The largest absolute Gasteiger partial charge is 0.310 e. The van der Waals surface area contributed by atoms with Crippen LogP contribution in [0.5, 0.6) is 0 Å². The number of rotatable bonds is 4. The number of benzene rings is 1. The molecule has 0 bridgehead atoms. The van der Waals surface area contributed by atoms with Gasteiger partial charge in [0.1, 0.15) is 0 Å². The summed E-state index contributed by atoms with van der Waals surface area (Å²) in [5, 5.41) is 7.95. The highest BCUT2D eigenvalue weighted by molar-refractivity contribution is 5.30. The Morgan fingerprint density at radius 1 is 1.21 bits per heavy atom. The SMILES string of the molecule is CC(NCc1cnn(-c2ccccc2)c1)C(C)(C)C. The second-order valence-corrected chi connectivity index (χ2v) is 6.10. The molecule has 0 aliphatic carbocycles. The average molecular weight is 257 g/mol. The van der Waals surface area contributed by atoms with Crippen LogP contribution in [0, 0.1) is 5.41 Å². The van der Waals surface area contributed by atoms with Crippen LogP contribution in [0.1, 0.15) is 33.3 Å². The summed E-state index contributed by atoms with van der Waals surface area (Å²) in [6, 6.07) is 10.6. The molecule has 1 atom stereocenters. The maximum atomic E-state index is 4.40. The van der Waals surface area contributed by atoms with E-state index in [-0.39, 0.29) is 5.41 Å². The van der Waals surface area contributed by atoms with Crippen molar-refractivity contribution in [2.24, 2.45) is 5.41 Å². The molecule has 1 aromatic heterocycles. The normalized spacial score (nSPS) is 13.5. The van der Waals surface area contributed by atoms with Crippen molar-refractivity contribution in [3.63, 3.8) is 0 Å². The maximum Gasteiger partial charge on any atom is 0.0645 e. The van der Waals surface area contributed by atoms with Gasteiger partial charge in [-0.1, -0.05) is 39.0 Å². The minimum absolute atomic E-state index is 0.273. The Morgan fingerprint density at radius 3 is 2.53 bits per heavy atom. The van der Waals surface area contributed by atoms with E-state index in [1.807, 2.05) is 29.1 Å². The summed E-state index contributed by atoms with van der Waals surface area (Å²) in [4.78, 5) is 0. The second-order valence-electron chi connectivity index (χ2n) is 6.10. The lowest BCUT2D eigenvalue weighted by atomic mass is 9.88. The fraction of sp³-hybridized carbons (Fsp3) is 0.438. The third-order valence-corrected chi connectivity index (χ3v) is 3.57. The highest BCUT2D eigenvalue weighted by Gasteiger charge is 2.19. The third kappa shape index (κ3) is 3.67. The molecular weight excluding hydrogens is 234 g/mol. The predicted molar refractivity (Wildman–Crippen MR) is 79.3 cm³/mol. The summed E-state index contributed by atoms with van der Waals surface area (Å²) in [5.74, 6) is 0. The van der Waals surface area contributed by atoms with E-state index >= 15 is 0 Å². The van der Waals surface area contributed by atoms with Gasteiger partial charge in [-0.05, 0) is 24.5 Å². The molecule has 1 aromatic carbocycles. The quantitative estimate of drug-likeness (QED) is 0.909. The van der Waals surface area contributed by atoms with Gasteiger partial charge >= 0.3 is 0 Å². The van der Waals surface area contributed by atoms with E-state index < -0.39 is 0 Å². The van der Waals surface area contributed by atoms with Crippen LogP contribution in [0.15, 0.2) is 42.7 Å². The highest BCUT2D eigenvalue weighted by atomic mass is 15.3. The zero-order chi connectivity index (χ0) is 13.9. The molecular formula is C16H23N3. The van der Waals surface area contributed by atoms with Gasteiger partial charge in [0.25, 0.3) is 0 Å². The van der Waals surface area contributed by atoms with Crippen molar-refractivity contribution in [3.8, 4) is 5.69 Å². The zero-order valence-electron chi connectivity index (χ0n) is 12.2. The summed E-state index contributed by atoms with van der Waals surface area (Å²) in [6.07, 6.45) is 4.01. The van der Waals surface area contributed by atoms with Crippen molar-refractivity contribution in [1.82, 2.24) is 15.1 Å². The minimum Gasteiger partial charge on any atom is -0.310 e. The van der Waals surface area contributed by atoms with Crippen LogP contribution in [0.2, 0.25) is 0 Å². The molecule has 2 rings (SSSR count). The van der Waals surface area contributed by atoms with Crippen LogP contribution in [-0.2, 0) is 6.54 Å². The highest BCUT2D eigenvalue weighted by Crippen LogP contribution is 2.19. The number of nitrogens with zero attached hydrogens (tertiary/aromatic N) is 2. The summed E-state index contributed by atoms with van der Waals surface area (Å²) in [5.41, 5.74) is 2.58. The first-order valence-electron chi connectivity index (χ1n) is 6.79. The third-order valence-electron chi connectivity index (χ3n) is 3.57. The Balaban J connectivity index is 1.99. The van der Waals surface area contributed by atoms with Gasteiger partial charge in [-0.25, -0.2) is 4.68 Å². The van der Waals surface area contributed by atoms with E-state index in [1.54, 1.807) is 0 Å². The van der Waals surface area contributed by atoms with Gasteiger partial charge < -0.3 is 5.32 Å². The molecule has 0 aliphatic heterocycles. The molecule has 0 fully saturated rings. The molecule has 3 heteroatoms. The van der Waals surface area contributed by atoms with E-state index in [9.17, 15) is 0 Å². The van der Waals surface area contributed by atoms with Crippen LogP contribution >= 0.6 is 0 Å². The molecule has 0 radical (unpaired) electrons. The minimum atomic E-state index is 0.273. The average Bonchev–Trinajstić information content (AvgIpc) is 2.84. The second kappa shape index (κ2) is 5.57. The van der Waals surface area contributed by atoms with Crippen LogP contribution in [-0.4, -0.2) is 15.8 Å². The topological polar surface area (TPSA) is 29.9 Å². The standard InChI is InChI=1S/C16H23N3/c1-13(16(2,3)4)17-10-14-11-18-19(12-14)15-8-6-5-7-9-15/h5-9,11-13,17H,10H2,1-4H3. The van der Waals surface area contributed by atoms with Gasteiger partial charge in [-0.3, -0.25) is 0 Å². The van der Waals surface area contributed by atoms with E-state index in [0.29, 0.717) is 6.04 Å². The van der Waals surface area contributed by atoms with E-state index in [2.05, 4.69) is 56.4 Å². The molecule has 102 valence electrons. The molecule has 1 unspecified atom stereocenters. The Hall–Kier alpha value is -1.61. The summed E-state index contributed by atoms with van der Waals surface area (Å²) < 4.78 is 1.92. The summed E-state index contributed by atoms with van der Waals surface area (Å²) in [7, 11) is 0. The molecule has 19 heavy (non-hydrogen) atoms. The molecule has 1 N–H and O–H groups in total. The van der Waals surface area contributed by atoms with Crippen LogP contribution in [0.25, 0.3) is 5.69 Å². The molecule has 3 nitrogen and oxygen atoms in total. The Morgan fingerprint density at radius 2 is 1.89 bits per heavy atom. The van der Waals surface area contributed by atoms with Gasteiger partial charge in [0, 0.05) is 24.3 Å². The van der Waals surface area contributed by atoms with E-state index in [1.165, 1.54) is 5.56 Å². The van der Waals surface area contributed by atoms with Gasteiger partial charge in [0.15, 0.2) is 0 Å². The lowest BCUT2D eigenvalue weighted by Gasteiger charge is -2.28. The molecule has 0 saturated heterocycles. The van der Waals surface area contributed by atoms with Crippen molar-refractivity contribution in [1.29, 1.82) is 0 Å². The zero-order valence-corrected chi connectivity index (χ0v) is 12.2. The number of para-hydroxylation sites is 1. The molecule has 2 aromatic rings. The van der Waals surface area contributed by atoms with Gasteiger partial charge in [-0.2, -0.15) is 5.10 Å². The predicted octanol–water partition coefficient (Wildman–Crippen LogP) is 3.40. The van der Waals surface area contributed by atoms with Crippen molar-refractivity contribution >= 4 is 0 Å². The smallest absolute Gasteiger partial charge is 0.0645 e. The van der Waals surface area contributed by atoms with Gasteiger partial charge in [0.05, 0.1) is 11.9 Å². The molecule has 0 saturated carbocycles. The lowest BCUT2D eigenvalue weighted by molar-refractivity contribution is 0.285. The van der Waals surface area contributed by atoms with Crippen molar-refractivity contribution in [2.75, 3.05) is 0 Å². The Kier molecular flexibility index (Phi) is 4.05. The summed E-state index contributed by atoms with van der Waals surface area (Å²) >= 11 is 0. The molecule has 0 amide bonds. The van der Waals surface area contributed by atoms with Crippen LogP contribution < -0.4 is 5.32 Å². The van der Waals surface area contributed by atoms with E-state index in [4.69, 9.17) is 0 Å². The van der Waals surface area contributed by atoms with Gasteiger partial charge in [0.2, 0.25) is 0 Å². The van der Waals surface area contributed by atoms with Crippen LogP contribution in [0.4, 0.5) is 0 Å². The number of nitrogens with one attached hydrogen (secondary N) is 1. The molecule has 0 spiro atoms. The Bertz CT molecular complexity index is 508. The number of hydrogen-bond acceptors (Lipinski definition) is 2. The van der Waals surface area contributed by atoms with Crippen LogP contribution in [0.3, 0.4) is 0 Å². The molecule has 1 heterocycles. The van der Waals surface area contributed by atoms with Crippen molar-refractivity contribution in [2.45, 2.75) is 40.3 Å². The fourth-order valence-corrected chi connectivity index (χ4v) is 1.75. The van der Waals surface area contributed by atoms with Crippen molar-refractivity contribution < 1.29 is 0 Å². The number of aromatic nitrogens is 2. The summed E-state index contributed by atoms with van der Waals surface area (Å²) in [6.45, 7) is 9.82. The first-order chi connectivity index (χ1) is 8.97. The lowest BCUT2D eigenvalue weighted by Crippen LogP contribution is -2.37.